The van der Waals surface area contributed by atoms with Crippen LogP contribution in [-0.4, -0.2) is 60.7 Å². The van der Waals surface area contributed by atoms with E-state index in [9.17, 15) is 25.2 Å². The van der Waals surface area contributed by atoms with Crippen LogP contribution in [-0.2, 0) is 17.6 Å². The van der Waals surface area contributed by atoms with Crippen molar-refractivity contribution >= 4 is 5.97 Å². The summed E-state index contributed by atoms with van der Waals surface area (Å²) in [6.45, 7) is 7.27. The molecule has 0 bridgehead atoms. The molecule has 9 nitrogen and oxygen atoms in total. The standard InChI is InChI=1S/C45H70N4O5/c1-4-6-8-11-31-14-15-34(42(51)22-31)12-9-7-10-13-40(44(52)53)41(50)16-18-45(54)27-33(20-32-17-19-47-43(46)23-32)21-37(45)26-39-25-36(29-49-39)30(3)35-24-38(5-2)48-28-35/h14-15,17,23-25,28-31,33-34,37,40-42,47-51,54H,4-13,16,18-22,26-27,46H2,1-3H3,(H,52,53). The first-order chi connectivity index (χ1) is 26.0. The van der Waals surface area contributed by atoms with E-state index in [4.69, 9.17) is 5.73 Å². The molecule has 9 atom stereocenters. The fourth-order valence-electron chi connectivity index (χ4n) is 9.54. The summed E-state index contributed by atoms with van der Waals surface area (Å²) < 4.78 is 0. The van der Waals surface area contributed by atoms with Crippen LogP contribution in [0.1, 0.15) is 146 Å². The zero-order valence-electron chi connectivity index (χ0n) is 33.2. The molecule has 54 heavy (non-hydrogen) atoms. The van der Waals surface area contributed by atoms with Gasteiger partial charge in [-0.25, -0.2) is 0 Å². The monoisotopic (exact) mass is 747 g/mol. The molecule has 9 unspecified atom stereocenters. The second kappa shape index (κ2) is 20.1. The Kier molecular flexibility index (Phi) is 15.6. The molecule has 3 heterocycles. The number of aliphatic carboxylic acids is 1. The van der Waals surface area contributed by atoms with Crippen LogP contribution in [0.25, 0.3) is 0 Å². The van der Waals surface area contributed by atoms with Gasteiger partial charge in [0.1, 0.15) is 0 Å². The smallest absolute Gasteiger partial charge is 0.309 e. The number of carboxylic acid groups (broad SMARTS) is 1. The highest BCUT2D eigenvalue weighted by molar-refractivity contribution is 5.70. The van der Waals surface area contributed by atoms with Gasteiger partial charge < -0.3 is 41.4 Å². The molecule has 5 rings (SSSR count). The highest BCUT2D eigenvalue weighted by Crippen LogP contribution is 2.47. The number of rotatable bonds is 22. The number of aliphatic hydroxyl groups is 3. The predicted octanol–water partition coefficient (Wildman–Crippen LogP) is 8.00. The van der Waals surface area contributed by atoms with Gasteiger partial charge in [0.05, 0.1) is 29.5 Å². The van der Waals surface area contributed by atoms with Gasteiger partial charge in [-0.05, 0) is 123 Å². The lowest BCUT2D eigenvalue weighted by molar-refractivity contribution is -0.146. The van der Waals surface area contributed by atoms with E-state index >= 15 is 0 Å². The maximum absolute atomic E-state index is 12.4. The number of aromatic nitrogens is 2. The highest BCUT2D eigenvalue weighted by atomic mass is 16.4. The van der Waals surface area contributed by atoms with Gasteiger partial charge in [0.25, 0.3) is 0 Å². The van der Waals surface area contributed by atoms with Crippen molar-refractivity contribution in [2.45, 2.75) is 154 Å². The Morgan fingerprint density at radius 1 is 0.963 bits per heavy atom. The Morgan fingerprint density at radius 2 is 1.70 bits per heavy atom. The SMILES string of the molecule is CCCCCC1C=CC(CCCCCC(C(=O)O)C(O)CCC2(O)CC(CC3=CCNC(N)=C3)CC2Cc2cc(C(C)c3c[nH]c(CC)c3)c[nH]2)C(O)C1. The van der Waals surface area contributed by atoms with E-state index in [2.05, 4.69) is 78.8 Å². The number of aryl methyl sites for hydroxylation is 1. The number of carboxylic acids is 1. The fourth-order valence-corrected chi connectivity index (χ4v) is 9.54. The summed E-state index contributed by atoms with van der Waals surface area (Å²) in [5, 5.41) is 47.7. The Labute approximate surface area is 324 Å². The van der Waals surface area contributed by atoms with Crippen LogP contribution in [0.2, 0.25) is 0 Å². The number of dihydropyridines is 1. The maximum Gasteiger partial charge on any atom is 0.309 e. The number of unbranched alkanes of at least 4 members (excludes halogenated alkanes) is 4. The number of hydrogen-bond acceptors (Lipinski definition) is 6. The molecular formula is C45H70N4O5. The minimum absolute atomic E-state index is 0.0295. The minimum Gasteiger partial charge on any atom is -0.481 e. The van der Waals surface area contributed by atoms with Crippen LogP contribution in [0.4, 0.5) is 0 Å². The van der Waals surface area contributed by atoms with Crippen LogP contribution in [0, 0.1) is 29.6 Å². The molecule has 0 aromatic carbocycles. The zero-order valence-corrected chi connectivity index (χ0v) is 33.2. The molecule has 300 valence electrons. The Balaban J connectivity index is 1.15. The van der Waals surface area contributed by atoms with E-state index in [1.807, 2.05) is 6.08 Å². The third-order valence-electron chi connectivity index (χ3n) is 13.0. The van der Waals surface area contributed by atoms with Gasteiger partial charge in [0.2, 0.25) is 0 Å². The van der Waals surface area contributed by atoms with Gasteiger partial charge in [-0.2, -0.15) is 0 Å². The van der Waals surface area contributed by atoms with E-state index in [0.29, 0.717) is 50.4 Å². The summed E-state index contributed by atoms with van der Waals surface area (Å²) in [5.41, 5.74) is 11.0. The molecule has 1 aliphatic heterocycles. The van der Waals surface area contributed by atoms with Gasteiger partial charge in [-0.1, -0.05) is 77.5 Å². The van der Waals surface area contributed by atoms with Crippen molar-refractivity contribution in [3.05, 3.63) is 82.7 Å². The number of hydrogen-bond donors (Lipinski definition) is 8. The number of H-pyrrole nitrogens is 2. The number of allylic oxidation sites excluding steroid dienone is 3. The van der Waals surface area contributed by atoms with Gasteiger partial charge in [-0.15, -0.1) is 0 Å². The average molecular weight is 747 g/mol. The molecule has 0 spiro atoms. The Bertz CT molecular complexity index is 1560. The van der Waals surface area contributed by atoms with Crippen LogP contribution in [0.15, 0.2) is 60.2 Å². The molecule has 9 N–H and O–H groups in total. The maximum atomic E-state index is 12.4. The molecule has 0 saturated heterocycles. The normalized spacial score (nSPS) is 27.3. The molecule has 3 aliphatic rings. The molecule has 2 aromatic heterocycles. The zero-order chi connectivity index (χ0) is 38.7. The fraction of sp³-hybridized carbons (Fsp3) is 0.667. The molecule has 9 heteroatoms. The van der Waals surface area contributed by atoms with Crippen LogP contribution >= 0.6 is 0 Å². The lowest BCUT2D eigenvalue weighted by atomic mass is 9.80. The summed E-state index contributed by atoms with van der Waals surface area (Å²) in [6.07, 6.45) is 25.5. The van der Waals surface area contributed by atoms with E-state index in [0.717, 1.165) is 57.1 Å². The Hall–Kier alpha value is -3.27. The van der Waals surface area contributed by atoms with Crippen molar-refractivity contribution < 1.29 is 25.2 Å². The second-order valence-corrected chi connectivity index (χ2v) is 17.1. The third kappa shape index (κ3) is 11.6. The number of aromatic amines is 2. The lowest BCUT2D eigenvalue weighted by Crippen LogP contribution is -2.37. The van der Waals surface area contributed by atoms with Crippen LogP contribution in [0.3, 0.4) is 0 Å². The lowest BCUT2D eigenvalue weighted by Gasteiger charge is -2.32. The number of nitrogens with one attached hydrogen (secondary N) is 3. The number of carbonyl (C=O) groups is 1. The van der Waals surface area contributed by atoms with Gasteiger partial charge in [0, 0.05) is 42.2 Å². The summed E-state index contributed by atoms with van der Waals surface area (Å²) in [4.78, 5) is 19.2. The van der Waals surface area contributed by atoms with Gasteiger partial charge >= 0.3 is 5.97 Å². The minimum atomic E-state index is -1.03. The third-order valence-corrected chi connectivity index (χ3v) is 13.0. The highest BCUT2D eigenvalue weighted by Gasteiger charge is 2.46. The predicted molar refractivity (Wildman–Crippen MR) is 217 cm³/mol. The molecule has 1 saturated carbocycles. The summed E-state index contributed by atoms with van der Waals surface area (Å²) >= 11 is 0. The summed E-state index contributed by atoms with van der Waals surface area (Å²) in [5.74, 6) is -0.0648. The first kappa shape index (κ1) is 41.9. The van der Waals surface area contributed by atoms with Crippen molar-refractivity contribution in [2.75, 3.05) is 6.54 Å². The first-order valence-corrected chi connectivity index (χ1v) is 21.2. The van der Waals surface area contributed by atoms with Gasteiger partial charge in [-0.3, -0.25) is 4.79 Å². The number of nitrogens with two attached hydrogens (primary N) is 1. The van der Waals surface area contributed by atoms with Crippen LogP contribution < -0.4 is 11.1 Å². The van der Waals surface area contributed by atoms with Crippen molar-refractivity contribution in [3.8, 4) is 0 Å². The molecule has 2 aliphatic carbocycles. The molecule has 0 radical (unpaired) electrons. The molecule has 0 amide bonds. The largest absolute Gasteiger partial charge is 0.481 e. The van der Waals surface area contributed by atoms with Crippen molar-refractivity contribution in [1.29, 1.82) is 0 Å². The topological polar surface area (TPSA) is 168 Å². The Morgan fingerprint density at radius 3 is 2.39 bits per heavy atom. The van der Waals surface area contributed by atoms with Gasteiger partial charge in [0.15, 0.2) is 0 Å². The van der Waals surface area contributed by atoms with E-state index in [1.54, 1.807) is 0 Å². The summed E-state index contributed by atoms with van der Waals surface area (Å²) in [6, 6.07) is 4.45. The van der Waals surface area contributed by atoms with E-state index in [-0.39, 0.29) is 36.2 Å². The van der Waals surface area contributed by atoms with Crippen molar-refractivity contribution in [1.82, 2.24) is 15.3 Å². The second-order valence-electron chi connectivity index (χ2n) is 17.1. The average Bonchev–Trinajstić information content (AvgIpc) is 3.89. The van der Waals surface area contributed by atoms with Crippen molar-refractivity contribution in [3.63, 3.8) is 0 Å². The molecule has 2 aromatic rings. The summed E-state index contributed by atoms with van der Waals surface area (Å²) in [7, 11) is 0. The van der Waals surface area contributed by atoms with E-state index < -0.39 is 23.6 Å². The first-order valence-electron chi connectivity index (χ1n) is 21.2. The van der Waals surface area contributed by atoms with Crippen LogP contribution in [0.5, 0.6) is 0 Å². The number of aliphatic hydroxyl groups excluding tert-OH is 2. The van der Waals surface area contributed by atoms with Crippen molar-refractivity contribution in [2.24, 2.45) is 35.3 Å². The quantitative estimate of drug-likeness (QED) is 0.0446. The van der Waals surface area contributed by atoms with E-state index in [1.165, 1.54) is 41.7 Å². The molecule has 1 fully saturated rings. The molecular weight excluding hydrogens is 677 g/mol.